The lowest BCUT2D eigenvalue weighted by Gasteiger charge is -2.37. The number of pyridine rings is 1. The largest absolute Gasteiger partial charge is 0.396 e. The molecule has 0 radical (unpaired) electrons. The van der Waals surface area contributed by atoms with Crippen molar-refractivity contribution < 1.29 is 18.7 Å². The number of amides is 1. The van der Waals surface area contributed by atoms with Crippen molar-refractivity contribution in [1.82, 2.24) is 9.88 Å². The van der Waals surface area contributed by atoms with Gasteiger partial charge in [0.1, 0.15) is 0 Å². The van der Waals surface area contributed by atoms with Crippen molar-refractivity contribution in [2.24, 2.45) is 5.92 Å². The van der Waals surface area contributed by atoms with Crippen molar-refractivity contribution in [2.75, 3.05) is 19.7 Å². The number of carbonyl (C=O) groups excluding carboxylic acids is 1. The minimum Gasteiger partial charge on any atom is -0.396 e. The molecule has 0 saturated carbocycles. The van der Waals surface area contributed by atoms with Crippen molar-refractivity contribution in [3.8, 4) is 0 Å². The molecule has 3 rings (SSSR count). The van der Waals surface area contributed by atoms with E-state index in [0.717, 1.165) is 21.4 Å². The van der Waals surface area contributed by atoms with Crippen LogP contribution >= 0.6 is 0 Å². The summed E-state index contributed by atoms with van der Waals surface area (Å²) < 4.78 is 28.0. The zero-order chi connectivity index (χ0) is 16.6. The first-order valence-corrected chi connectivity index (χ1v) is 7.56. The van der Waals surface area contributed by atoms with Crippen molar-refractivity contribution in [3.63, 3.8) is 0 Å². The lowest BCUT2D eigenvalue weighted by atomic mass is 9.93. The number of benzene rings is 1. The second-order valence-corrected chi connectivity index (χ2v) is 5.97. The number of aliphatic hydroxyl groups is 1. The standard InChI is InChI=1S/C17H18F2N2O2/c1-11-13-4-2-3-5-15(13)20-8-14(11)16(23)21-7-6-12(9-22)17(18,19)10-21/h2-5,8,12,22H,6-7,9-10H2,1H3. The number of para-hydroxylation sites is 1. The van der Waals surface area contributed by atoms with Gasteiger partial charge in [0.15, 0.2) is 0 Å². The van der Waals surface area contributed by atoms with Crippen LogP contribution in [-0.2, 0) is 0 Å². The highest BCUT2D eigenvalue weighted by molar-refractivity contribution is 6.00. The zero-order valence-corrected chi connectivity index (χ0v) is 12.8. The van der Waals surface area contributed by atoms with E-state index in [4.69, 9.17) is 5.11 Å². The SMILES string of the molecule is Cc1c(C(=O)N2CCC(CO)C(F)(F)C2)cnc2ccccc12. The summed E-state index contributed by atoms with van der Waals surface area (Å²) in [6.07, 6.45) is 1.55. The number of rotatable bonds is 2. The van der Waals surface area contributed by atoms with E-state index in [1.807, 2.05) is 24.3 Å². The molecule has 2 heterocycles. The number of carbonyl (C=O) groups is 1. The summed E-state index contributed by atoms with van der Waals surface area (Å²) in [5.41, 5.74) is 1.86. The summed E-state index contributed by atoms with van der Waals surface area (Å²) in [6.45, 7) is 0.788. The average molecular weight is 320 g/mol. The molecule has 1 fully saturated rings. The van der Waals surface area contributed by atoms with Gasteiger partial charge in [-0.15, -0.1) is 0 Å². The van der Waals surface area contributed by atoms with Gasteiger partial charge in [-0.2, -0.15) is 0 Å². The molecule has 122 valence electrons. The smallest absolute Gasteiger partial charge is 0.270 e. The first-order chi connectivity index (χ1) is 10.9. The van der Waals surface area contributed by atoms with Crippen LogP contribution in [0.3, 0.4) is 0 Å². The number of halogens is 2. The van der Waals surface area contributed by atoms with E-state index in [0.29, 0.717) is 5.56 Å². The Balaban J connectivity index is 1.91. The van der Waals surface area contributed by atoms with Crippen molar-refractivity contribution in [3.05, 3.63) is 41.6 Å². The fourth-order valence-corrected chi connectivity index (χ4v) is 3.05. The number of piperidine rings is 1. The predicted octanol–water partition coefficient (Wildman–Crippen LogP) is 2.63. The number of hydrogen-bond donors (Lipinski definition) is 1. The van der Waals surface area contributed by atoms with Crippen molar-refractivity contribution >= 4 is 16.8 Å². The summed E-state index contributed by atoms with van der Waals surface area (Å²) >= 11 is 0. The number of aliphatic hydroxyl groups excluding tert-OH is 1. The van der Waals surface area contributed by atoms with Gasteiger partial charge in [0.25, 0.3) is 11.8 Å². The van der Waals surface area contributed by atoms with Crippen LogP contribution in [0.15, 0.2) is 30.5 Å². The lowest BCUT2D eigenvalue weighted by Crippen LogP contribution is -2.51. The molecule has 1 saturated heterocycles. The molecular formula is C17H18F2N2O2. The molecule has 1 atom stereocenters. The summed E-state index contributed by atoms with van der Waals surface area (Å²) in [4.78, 5) is 18.0. The molecule has 0 spiro atoms. The van der Waals surface area contributed by atoms with Crippen LogP contribution in [0.25, 0.3) is 10.9 Å². The molecule has 1 aliphatic rings. The minimum absolute atomic E-state index is 0.0926. The van der Waals surface area contributed by atoms with Gasteiger partial charge < -0.3 is 10.0 Å². The molecule has 1 aromatic heterocycles. The van der Waals surface area contributed by atoms with E-state index in [1.54, 1.807) is 6.92 Å². The van der Waals surface area contributed by atoms with Gasteiger partial charge in [0, 0.05) is 24.0 Å². The third-order valence-electron chi connectivity index (χ3n) is 4.53. The monoisotopic (exact) mass is 320 g/mol. The molecule has 1 unspecified atom stereocenters. The quantitative estimate of drug-likeness (QED) is 0.925. The molecule has 2 aromatic rings. The third kappa shape index (κ3) is 2.79. The van der Waals surface area contributed by atoms with Crippen LogP contribution in [0.5, 0.6) is 0 Å². The van der Waals surface area contributed by atoms with Crippen LogP contribution in [-0.4, -0.2) is 46.5 Å². The fraction of sp³-hybridized carbons (Fsp3) is 0.412. The second kappa shape index (κ2) is 5.85. The second-order valence-electron chi connectivity index (χ2n) is 5.97. The van der Waals surface area contributed by atoms with E-state index >= 15 is 0 Å². The number of likely N-dealkylation sites (tertiary alicyclic amines) is 1. The van der Waals surface area contributed by atoms with Crippen molar-refractivity contribution in [2.45, 2.75) is 19.3 Å². The van der Waals surface area contributed by atoms with Gasteiger partial charge in [-0.05, 0) is 25.0 Å². The maximum atomic E-state index is 14.0. The maximum absolute atomic E-state index is 14.0. The lowest BCUT2D eigenvalue weighted by molar-refractivity contribution is -0.116. The Hall–Kier alpha value is -2.08. The Morgan fingerprint density at radius 2 is 2.17 bits per heavy atom. The third-order valence-corrected chi connectivity index (χ3v) is 4.53. The number of hydrogen-bond acceptors (Lipinski definition) is 3. The normalized spacial score (nSPS) is 20.7. The maximum Gasteiger partial charge on any atom is 0.270 e. The number of alkyl halides is 2. The molecular weight excluding hydrogens is 302 g/mol. The first-order valence-electron chi connectivity index (χ1n) is 7.56. The Morgan fingerprint density at radius 3 is 2.87 bits per heavy atom. The fourth-order valence-electron chi connectivity index (χ4n) is 3.05. The molecule has 1 aliphatic heterocycles. The topological polar surface area (TPSA) is 53.4 Å². The number of fused-ring (bicyclic) bond motifs is 1. The van der Waals surface area contributed by atoms with Crippen LogP contribution in [0.1, 0.15) is 22.3 Å². The Labute approximate surface area is 132 Å². The van der Waals surface area contributed by atoms with Crippen molar-refractivity contribution in [1.29, 1.82) is 0 Å². The molecule has 1 aromatic carbocycles. The van der Waals surface area contributed by atoms with E-state index < -0.39 is 30.9 Å². The Kier molecular flexibility index (Phi) is 4.02. The molecule has 1 N–H and O–H groups in total. The van der Waals surface area contributed by atoms with E-state index in [2.05, 4.69) is 4.98 Å². The molecule has 4 nitrogen and oxygen atoms in total. The van der Waals surface area contributed by atoms with Gasteiger partial charge in [-0.25, -0.2) is 8.78 Å². The van der Waals surface area contributed by atoms with E-state index in [1.165, 1.54) is 6.20 Å². The van der Waals surface area contributed by atoms with Crippen LogP contribution in [0, 0.1) is 12.8 Å². The summed E-state index contributed by atoms with van der Waals surface area (Å²) in [6, 6.07) is 7.42. The Morgan fingerprint density at radius 1 is 1.43 bits per heavy atom. The molecule has 0 aliphatic carbocycles. The van der Waals surface area contributed by atoms with Gasteiger partial charge in [0.2, 0.25) is 0 Å². The average Bonchev–Trinajstić information content (AvgIpc) is 2.54. The van der Waals surface area contributed by atoms with E-state index in [9.17, 15) is 13.6 Å². The number of aryl methyl sites for hydroxylation is 1. The molecule has 23 heavy (non-hydrogen) atoms. The highest BCUT2D eigenvalue weighted by Gasteiger charge is 2.45. The highest BCUT2D eigenvalue weighted by atomic mass is 19.3. The Bertz CT molecular complexity index is 748. The van der Waals surface area contributed by atoms with Crippen LogP contribution < -0.4 is 0 Å². The summed E-state index contributed by atoms with van der Waals surface area (Å²) in [7, 11) is 0. The minimum atomic E-state index is -3.07. The molecule has 1 amide bonds. The van der Waals surface area contributed by atoms with Crippen LogP contribution in [0.2, 0.25) is 0 Å². The van der Waals surface area contributed by atoms with Gasteiger partial charge in [0.05, 0.1) is 24.2 Å². The predicted molar refractivity (Wildman–Crippen MR) is 82.5 cm³/mol. The highest BCUT2D eigenvalue weighted by Crippen LogP contribution is 2.33. The van der Waals surface area contributed by atoms with Gasteiger partial charge >= 0.3 is 0 Å². The number of aromatic nitrogens is 1. The van der Waals surface area contributed by atoms with E-state index in [-0.39, 0.29) is 13.0 Å². The summed E-state index contributed by atoms with van der Waals surface area (Å²) in [5.74, 6) is -4.58. The zero-order valence-electron chi connectivity index (χ0n) is 12.8. The van der Waals surface area contributed by atoms with Gasteiger partial charge in [-0.3, -0.25) is 9.78 Å². The molecule has 6 heteroatoms. The van der Waals surface area contributed by atoms with Gasteiger partial charge in [-0.1, -0.05) is 18.2 Å². The molecule has 0 bridgehead atoms. The first kappa shape index (κ1) is 15.8. The number of nitrogens with zero attached hydrogens (tertiary/aromatic N) is 2. The summed E-state index contributed by atoms with van der Waals surface area (Å²) in [5, 5.41) is 9.88. The van der Waals surface area contributed by atoms with Crippen LogP contribution in [0.4, 0.5) is 8.78 Å².